The second kappa shape index (κ2) is 8.49. The Hall–Kier alpha value is -3.35. The van der Waals surface area contributed by atoms with E-state index in [4.69, 9.17) is 15.2 Å². The molecule has 0 saturated heterocycles. The van der Waals surface area contributed by atoms with E-state index in [1.807, 2.05) is 6.07 Å². The van der Waals surface area contributed by atoms with Gasteiger partial charge >= 0.3 is 5.97 Å². The molecule has 0 fully saturated rings. The number of hydrogen-bond acceptors (Lipinski definition) is 5. The molecule has 0 spiro atoms. The predicted octanol–water partition coefficient (Wildman–Crippen LogP) is 1.73. The summed E-state index contributed by atoms with van der Waals surface area (Å²) in [5.41, 5.74) is 5.93. The number of esters is 1. The summed E-state index contributed by atoms with van der Waals surface area (Å²) >= 11 is 0. The standard InChI is InChI=1S/C18H18N2O5/c1-12(25-16(21)11-24-15-5-3-2-4-6-15)18(23)20-14-9-7-13(8-10-14)17(19)22/h2-10,12H,11H2,1H3,(H2,19,22)(H,20,23)/t12-/m0/s1. The fraction of sp³-hybridized carbons (Fsp3) is 0.167. The predicted molar refractivity (Wildman–Crippen MR) is 91.1 cm³/mol. The number of ether oxygens (including phenoxy) is 2. The molecule has 0 saturated carbocycles. The first-order valence-corrected chi connectivity index (χ1v) is 7.54. The highest BCUT2D eigenvalue weighted by Crippen LogP contribution is 2.11. The first-order chi connectivity index (χ1) is 12.0. The molecule has 0 aliphatic rings. The van der Waals surface area contributed by atoms with Gasteiger partial charge in [-0.2, -0.15) is 0 Å². The molecular weight excluding hydrogens is 324 g/mol. The average molecular weight is 342 g/mol. The Balaban J connectivity index is 1.81. The molecule has 3 N–H and O–H groups in total. The minimum atomic E-state index is -0.998. The van der Waals surface area contributed by atoms with Crippen LogP contribution in [-0.4, -0.2) is 30.5 Å². The summed E-state index contributed by atoms with van der Waals surface area (Å²) in [5.74, 6) is -1.18. The topological polar surface area (TPSA) is 108 Å². The van der Waals surface area contributed by atoms with Crippen molar-refractivity contribution < 1.29 is 23.9 Å². The number of para-hydroxylation sites is 1. The molecular formula is C18H18N2O5. The van der Waals surface area contributed by atoms with Gasteiger partial charge in [-0.3, -0.25) is 9.59 Å². The van der Waals surface area contributed by atoms with E-state index in [2.05, 4.69) is 5.32 Å². The van der Waals surface area contributed by atoms with Crippen molar-refractivity contribution in [3.63, 3.8) is 0 Å². The fourth-order valence-electron chi connectivity index (χ4n) is 1.91. The van der Waals surface area contributed by atoms with E-state index in [9.17, 15) is 14.4 Å². The third-order valence-corrected chi connectivity index (χ3v) is 3.21. The summed E-state index contributed by atoms with van der Waals surface area (Å²) in [6.45, 7) is 1.16. The molecule has 1 atom stereocenters. The third kappa shape index (κ3) is 5.65. The Labute approximate surface area is 144 Å². The van der Waals surface area contributed by atoms with Gasteiger partial charge < -0.3 is 20.5 Å². The zero-order chi connectivity index (χ0) is 18.2. The van der Waals surface area contributed by atoms with Crippen molar-refractivity contribution >= 4 is 23.5 Å². The number of carbonyl (C=O) groups is 3. The maximum Gasteiger partial charge on any atom is 0.344 e. The van der Waals surface area contributed by atoms with Gasteiger partial charge in [-0.15, -0.1) is 0 Å². The minimum absolute atomic E-state index is 0.297. The lowest BCUT2D eigenvalue weighted by Gasteiger charge is -2.14. The number of carbonyl (C=O) groups excluding carboxylic acids is 3. The first kappa shape index (κ1) is 18.0. The van der Waals surface area contributed by atoms with Crippen LogP contribution in [0.15, 0.2) is 54.6 Å². The summed E-state index contributed by atoms with van der Waals surface area (Å²) in [5, 5.41) is 2.58. The zero-order valence-electron chi connectivity index (χ0n) is 13.6. The van der Waals surface area contributed by atoms with E-state index in [1.54, 1.807) is 24.3 Å². The van der Waals surface area contributed by atoms with Crippen LogP contribution in [0.5, 0.6) is 5.75 Å². The third-order valence-electron chi connectivity index (χ3n) is 3.21. The fourth-order valence-corrected chi connectivity index (χ4v) is 1.91. The number of rotatable bonds is 7. The number of primary amides is 1. The highest BCUT2D eigenvalue weighted by molar-refractivity contribution is 5.96. The summed E-state index contributed by atoms with van der Waals surface area (Å²) in [7, 11) is 0. The van der Waals surface area contributed by atoms with Crippen LogP contribution in [0.25, 0.3) is 0 Å². The molecule has 25 heavy (non-hydrogen) atoms. The zero-order valence-corrected chi connectivity index (χ0v) is 13.6. The lowest BCUT2D eigenvalue weighted by molar-refractivity contribution is -0.155. The second-order valence-corrected chi connectivity index (χ2v) is 5.16. The highest BCUT2D eigenvalue weighted by Gasteiger charge is 2.18. The second-order valence-electron chi connectivity index (χ2n) is 5.16. The Kier molecular flexibility index (Phi) is 6.11. The van der Waals surface area contributed by atoms with Crippen LogP contribution in [0.1, 0.15) is 17.3 Å². The molecule has 0 aromatic heterocycles. The number of hydrogen-bond donors (Lipinski definition) is 2. The quantitative estimate of drug-likeness (QED) is 0.745. The smallest absolute Gasteiger partial charge is 0.344 e. The first-order valence-electron chi connectivity index (χ1n) is 7.54. The molecule has 2 amide bonds. The van der Waals surface area contributed by atoms with Gasteiger partial charge in [0.2, 0.25) is 5.91 Å². The van der Waals surface area contributed by atoms with Crippen molar-refractivity contribution in [2.24, 2.45) is 5.73 Å². The van der Waals surface area contributed by atoms with E-state index < -0.39 is 23.9 Å². The Morgan fingerprint density at radius 3 is 2.28 bits per heavy atom. The van der Waals surface area contributed by atoms with Gasteiger partial charge in [-0.1, -0.05) is 18.2 Å². The van der Waals surface area contributed by atoms with E-state index in [0.29, 0.717) is 17.0 Å². The molecule has 130 valence electrons. The molecule has 7 nitrogen and oxygen atoms in total. The highest BCUT2D eigenvalue weighted by atomic mass is 16.6. The number of nitrogens with one attached hydrogen (secondary N) is 1. The number of anilines is 1. The van der Waals surface area contributed by atoms with Crippen LogP contribution in [0.4, 0.5) is 5.69 Å². The van der Waals surface area contributed by atoms with Crippen molar-refractivity contribution in [1.29, 1.82) is 0 Å². The van der Waals surface area contributed by atoms with E-state index in [0.717, 1.165) is 0 Å². The van der Waals surface area contributed by atoms with Crippen molar-refractivity contribution in [3.8, 4) is 5.75 Å². The largest absolute Gasteiger partial charge is 0.482 e. The van der Waals surface area contributed by atoms with Gasteiger partial charge in [0, 0.05) is 11.3 Å². The normalized spacial score (nSPS) is 11.2. The van der Waals surface area contributed by atoms with E-state index >= 15 is 0 Å². The molecule has 0 bridgehead atoms. The molecule has 7 heteroatoms. The van der Waals surface area contributed by atoms with Gasteiger partial charge in [-0.25, -0.2) is 4.79 Å². The number of nitrogens with two attached hydrogens (primary N) is 1. The SMILES string of the molecule is C[C@H](OC(=O)COc1ccccc1)C(=O)Nc1ccc(C(N)=O)cc1. The molecule has 2 rings (SSSR count). The number of benzene rings is 2. The molecule has 0 aliphatic carbocycles. The van der Waals surface area contributed by atoms with Crippen LogP contribution in [0.3, 0.4) is 0 Å². The van der Waals surface area contributed by atoms with Crippen molar-refractivity contribution in [2.75, 3.05) is 11.9 Å². The monoisotopic (exact) mass is 342 g/mol. The van der Waals surface area contributed by atoms with Gasteiger partial charge in [0.25, 0.3) is 5.91 Å². The van der Waals surface area contributed by atoms with Crippen molar-refractivity contribution in [3.05, 3.63) is 60.2 Å². The molecule has 0 aliphatic heterocycles. The Morgan fingerprint density at radius 2 is 1.68 bits per heavy atom. The van der Waals surface area contributed by atoms with Gasteiger partial charge in [0.1, 0.15) is 5.75 Å². The van der Waals surface area contributed by atoms with E-state index in [1.165, 1.54) is 31.2 Å². The van der Waals surface area contributed by atoms with Crippen molar-refractivity contribution in [1.82, 2.24) is 0 Å². The lowest BCUT2D eigenvalue weighted by Crippen LogP contribution is -2.31. The van der Waals surface area contributed by atoms with Crippen LogP contribution in [0.2, 0.25) is 0 Å². The van der Waals surface area contributed by atoms with Gasteiger partial charge in [0.05, 0.1) is 0 Å². The number of amides is 2. The maximum atomic E-state index is 12.0. The van der Waals surface area contributed by atoms with Crippen molar-refractivity contribution in [2.45, 2.75) is 13.0 Å². The molecule has 0 radical (unpaired) electrons. The van der Waals surface area contributed by atoms with Crippen LogP contribution in [0, 0.1) is 0 Å². The maximum absolute atomic E-state index is 12.0. The van der Waals surface area contributed by atoms with Crippen LogP contribution >= 0.6 is 0 Å². The van der Waals surface area contributed by atoms with Gasteiger partial charge in [0.15, 0.2) is 12.7 Å². The van der Waals surface area contributed by atoms with Crippen LogP contribution < -0.4 is 15.8 Å². The summed E-state index contributed by atoms with van der Waals surface area (Å²) in [6, 6.07) is 14.8. The van der Waals surface area contributed by atoms with Gasteiger partial charge in [-0.05, 0) is 43.3 Å². The lowest BCUT2D eigenvalue weighted by atomic mass is 10.2. The van der Waals surface area contributed by atoms with E-state index in [-0.39, 0.29) is 6.61 Å². The average Bonchev–Trinajstić information content (AvgIpc) is 2.61. The molecule has 0 unspecified atom stereocenters. The Bertz CT molecular complexity index is 744. The van der Waals surface area contributed by atoms with Crippen LogP contribution in [-0.2, 0) is 14.3 Å². The molecule has 0 heterocycles. The summed E-state index contributed by atoms with van der Waals surface area (Å²) in [4.78, 5) is 34.7. The Morgan fingerprint density at radius 1 is 1.04 bits per heavy atom. The molecule has 2 aromatic rings. The minimum Gasteiger partial charge on any atom is -0.482 e. The summed E-state index contributed by atoms with van der Waals surface area (Å²) < 4.78 is 10.3. The summed E-state index contributed by atoms with van der Waals surface area (Å²) in [6.07, 6.45) is -0.998. The molecule has 2 aromatic carbocycles.